The number of anilines is 2. The maximum Gasteiger partial charge on any atom is 0.257 e. The van der Waals surface area contributed by atoms with E-state index in [2.05, 4.69) is 17.0 Å². The second-order valence-electron chi connectivity index (χ2n) is 6.31. The third-order valence-electron chi connectivity index (χ3n) is 5.33. The van der Waals surface area contributed by atoms with Crippen LogP contribution in [0.2, 0.25) is 0 Å². The molecule has 2 aromatic rings. The first-order chi connectivity index (χ1) is 11.1. The molecular formula is C18H16N2O3. The molecular weight excluding hydrogens is 292 g/mol. The number of fused-ring (bicyclic) bond motifs is 4. The minimum Gasteiger partial charge on any atom is -0.454 e. The lowest BCUT2D eigenvalue weighted by Crippen LogP contribution is -2.49. The Hall–Kier alpha value is -2.69. The summed E-state index contributed by atoms with van der Waals surface area (Å²) in [4.78, 5) is 17.0. The van der Waals surface area contributed by atoms with Crippen molar-refractivity contribution in [2.45, 2.75) is 12.0 Å². The van der Waals surface area contributed by atoms with Gasteiger partial charge in [-0.3, -0.25) is 4.79 Å². The normalized spacial score (nSPS) is 23.7. The highest BCUT2D eigenvalue weighted by atomic mass is 16.7. The largest absolute Gasteiger partial charge is 0.454 e. The summed E-state index contributed by atoms with van der Waals surface area (Å²) in [5, 5.41) is 0. The third kappa shape index (κ3) is 1.36. The van der Waals surface area contributed by atoms with Crippen LogP contribution in [-0.2, 0) is 16.8 Å². The van der Waals surface area contributed by atoms with E-state index < -0.39 is 5.54 Å². The van der Waals surface area contributed by atoms with Gasteiger partial charge in [0.2, 0.25) is 6.79 Å². The molecule has 1 spiro atoms. The summed E-state index contributed by atoms with van der Waals surface area (Å²) in [5.41, 5.74) is 3.52. The maximum atomic E-state index is 13.2. The molecule has 0 saturated heterocycles. The van der Waals surface area contributed by atoms with Crippen molar-refractivity contribution in [1.29, 1.82) is 0 Å². The van der Waals surface area contributed by atoms with Crippen LogP contribution >= 0.6 is 0 Å². The number of benzene rings is 2. The fourth-order valence-electron chi connectivity index (χ4n) is 4.12. The van der Waals surface area contributed by atoms with Crippen LogP contribution in [0, 0.1) is 0 Å². The number of ether oxygens (including phenoxy) is 2. The second-order valence-corrected chi connectivity index (χ2v) is 6.31. The molecule has 0 bridgehead atoms. The van der Waals surface area contributed by atoms with Gasteiger partial charge in [0.15, 0.2) is 17.0 Å². The Bertz CT molecular complexity index is 863. The molecule has 1 atom stereocenters. The lowest BCUT2D eigenvalue weighted by molar-refractivity contribution is -0.122. The highest BCUT2D eigenvalue weighted by Crippen LogP contribution is 2.54. The van der Waals surface area contributed by atoms with E-state index in [-0.39, 0.29) is 12.7 Å². The Balaban J connectivity index is 1.76. The predicted octanol–water partition coefficient (Wildman–Crippen LogP) is 2.28. The standard InChI is InChI=1S/C18H16N2O3/c1-19-14-8-16-15(22-10-23-16)7-12(14)18(17(19)21)9-11-5-3-4-6-13(11)20(18)2/h3-8H,9-10H2,1-2H3. The minimum atomic E-state index is -0.686. The summed E-state index contributed by atoms with van der Waals surface area (Å²) >= 11 is 0. The highest BCUT2D eigenvalue weighted by molar-refractivity contribution is 6.11. The molecule has 116 valence electrons. The van der Waals surface area contributed by atoms with Gasteiger partial charge in [-0.05, 0) is 17.7 Å². The van der Waals surface area contributed by atoms with Crippen LogP contribution < -0.4 is 19.3 Å². The van der Waals surface area contributed by atoms with Crippen molar-refractivity contribution in [2.24, 2.45) is 0 Å². The summed E-state index contributed by atoms with van der Waals surface area (Å²) in [6.07, 6.45) is 0.676. The van der Waals surface area contributed by atoms with E-state index in [0.29, 0.717) is 12.2 Å². The molecule has 0 saturated carbocycles. The summed E-state index contributed by atoms with van der Waals surface area (Å²) in [7, 11) is 3.83. The van der Waals surface area contributed by atoms with Gasteiger partial charge in [0, 0.05) is 37.8 Å². The Morgan fingerprint density at radius 3 is 2.57 bits per heavy atom. The van der Waals surface area contributed by atoms with Crippen molar-refractivity contribution >= 4 is 17.3 Å². The molecule has 2 aromatic carbocycles. The Kier molecular flexibility index (Phi) is 2.22. The third-order valence-corrected chi connectivity index (χ3v) is 5.33. The zero-order chi connectivity index (χ0) is 15.8. The molecule has 0 fully saturated rings. The lowest BCUT2D eigenvalue weighted by atomic mass is 9.87. The van der Waals surface area contributed by atoms with Crippen LogP contribution in [-0.4, -0.2) is 26.8 Å². The zero-order valence-electron chi connectivity index (χ0n) is 13.0. The summed E-state index contributed by atoms with van der Waals surface area (Å²) in [6, 6.07) is 12.1. The molecule has 3 heterocycles. The smallest absolute Gasteiger partial charge is 0.257 e. The number of hydrogen-bond donors (Lipinski definition) is 0. The topological polar surface area (TPSA) is 42.0 Å². The van der Waals surface area contributed by atoms with E-state index in [1.807, 2.05) is 38.4 Å². The van der Waals surface area contributed by atoms with Crippen LogP contribution in [0.3, 0.4) is 0 Å². The number of amides is 1. The SMILES string of the molecule is CN1C(=O)C2(Cc3ccccc3N2C)c2cc3c(cc21)OCO3. The average Bonchev–Trinajstić information content (AvgIpc) is 3.20. The summed E-state index contributed by atoms with van der Waals surface area (Å²) in [6.45, 7) is 0.235. The minimum absolute atomic E-state index is 0.0925. The van der Waals surface area contributed by atoms with Gasteiger partial charge in [-0.15, -0.1) is 0 Å². The molecule has 1 unspecified atom stereocenters. The fraction of sp³-hybridized carbons (Fsp3) is 0.278. The van der Waals surface area contributed by atoms with E-state index in [4.69, 9.17) is 9.47 Å². The van der Waals surface area contributed by atoms with E-state index in [1.165, 1.54) is 5.56 Å². The van der Waals surface area contributed by atoms with Crippen LogP contribution in [0.15, 0.2) is 36.4 Å². The van der Waals surface area contributed by atoms with Crippen LogP contribution in [0.4, 0.5) is 11.4 Å². The van der Waals surface area contributed by atoms with Crippen LogP contribution in [0.25, 0.3) is 0 Å². The van der Waals surface area contributed by atoms with Gasteiger partial charge in [-0.25, -0.2) is 0 Å². The van der Waals surface area contributed by atoms with Gasteiger partial charge >= 0.3 is 0 Å². The Morgan fingerprint density at radius 2 is 1.78 bits per heavy atom. The number of likely N-dealkylation sites (N-methyl/N-ethyl adjacent to an activating group) is 2. The number of carbonyl (C=O) groups is 1. The van der Waals surface area contributed by atoms with Gasteiger partial charge in [0.05, 0.1) is 5.69 Å². The molecule has 3 aliphatic heterocycles. The quantitative estimate of drug-likeness (QED) is 0.749. The zero-order valence-corrected chi connectivity index (χ0v) is 13.0. The van der Waals surface area contributed by atoms with Gasteiger partial charge in [0.1, 0.15) is 0 Å². The Labute approximate surface area is 134 Å². The summed E-state index contributed by atoms with van der Waals surface area (Å²) in [5.74, 6) is 1.52. The van der Waals surface area contributed by atoms with Gasteiger partial charge in [0.25, 0.3) is 5.91 Å². The lowest BCUT2D eigenvalue weighted by Gasteiger charge is -2.32. The van der Waals surface area contributed by atoms with Crippen molar-refractivity contribution in [3.63, 3.8) is 0 Å². The van der Waals surface area contributed by atoms with Gasteiger partial charge < -0.3 is 19.3 Å². The molecule has 0 N–H and O–H groups in total. The molecule has 23 heavy (non-hydrogen) atoms. The Morgan fingerprint density at radius 1 is 1.04 bits per heavy atom. The number of nitrogens with zero attached hydrogens (tertiary/aromatic N) is 2. The van der Waals surface area contributed by atoms with Gasteiger partial charge in [-0.2, -0.15) is 0 Å². The van der Waals surface area contributed by atoms with Crippen LogP contribution in [0.5, 0.6) is 11.5 Å². The first-order valence-corrected chi connectivity index (χ1v) is 7.67. The van der Waals surface area contributed by atoms with E-state index in [0.717, 1.165) is 22.7 Å². The molecule has 0 radical (unpaired) electrons. The molecule has 0 aliphatic carbocycles. The van der Waals surface area contributed by atoms with Crippen LogP contribution in [0.1, 0.15) is 11.1 Å². The average molecular weight is 308 g/mol. The molecule has 1 amide bonds. The van der Waals surface area contributed by atoms with Crippen molar-refractivity contribution in [3.05, 3.63) is 47.5 Å². The first-order valence-electron chi connectivity index (χ1n) is 7.67. The molecule has 3 aliphatic rings. The van der Waals surface area contributed by atoms with Crippen molar-refractivity contribution in [1.82, 2.24) is 0 Å². The van der Waals surface area contributed by atoms with E-state index in [1.54, 1.807) is 4.90 Å². The summed E-state index contributed by atoms with van der Waals surface area (Å²) < 4.78 is 11.0. The van der Waals surface area contributed by atoms with Crippen molar-refractivity contribution in [3.8, 4) is 11.5 Å². The van der Waals surface area contributed by atoms with Gasteiger partial charge in [-0.1, -0.05) is 18.2 Å². The number of hydrogen-bond acceptors (Lipinski definition) is 4. The van der Waals surface area contributed by atoms with Crippen molar-refractivity contribution in [2.75, 3.05) is 30.7 Å². The maximum absolute atomic E-state index is 13.2. The molecule has 5 rings (SSSR count). The number of para-hydroxylation sites is 1. The highest BCUT2D eigenvalue weighted by Gasteiger charge is 2.56. The number of carbonyl (C=O) groups excluding carboxylic acids is 1. The predicted molar refractivity (Wildman–Crippen MR) is 86.2 cm³/mol. The fourth-order valence-corrected chi connectivity index (χ4v) is 4.12. The van der Waals surface area contributed by atoms with E-state index in [9.17, 15) is 4.79 Å². The first kappa shape index (κ1) is 12.8. The molecule has 5 nitrogen and oxygen atoms in total. The van der Waals surface area contributed by atoms with Crippen molar-refractivity contribution < 1.29 is 14.3 Å². The molecule has 5 heteroatoms. The second kappa shape index (κ2) is 3.98. The van der Waals surface area contributed by atoms with E-state index >= 15 is 0 Å². The number of rotatable bonds is 0. The monoisotopic (exact) mass is 308 g/mol. The molecule has 0 aromatic heterocycles.